The van der Waals surface area contributed by atoms with Gasteiger partial charge in [-0.2, -0.15) is 0 Å². The van der Waals surface area contributed by atoms with Crippen molar-refractivity contribution < 1.29 is 14.7 Å². The van der Waals surface area contributed by atoms with Gasteiger partial charge in [-0.05, 0) is 26.3 Å². The van der Waals surface area contributed by atoms with E-state index in [4.69, 9.17) is 5.11 Å². The molecule has 1 aliphatic carbocycles. The van der Waals surface area contributed by atoms with E-state index in [-0.39, 0.29) is 18.4 Å². The van der Waals surface area contributed by atoms with Gasteiger partial charge in [0.05, 0.1) is 6.04 Å². The molecule has 1 atom stereocenters. The Kier molecular flexibility index (Phi) is 4.22. The molecule has 18 heavy (non-hydrogen) atoms. The fourth-order valence-corrected chi connectivity index (χ4v) is 3.09. The highest BCUT2D eigenvalue weighted by atomic mass is 16.4. The summed E-state index contributed by atoms with van der Waals surface area (Å²) in [6, 6.07) is 0.161. The Hall–Kier alpha value is -1.10. The molecule has 5 heteroatoms. The van der Waals surface area contributed by atoms with Crippen molar-refractivity contribution in [1.82, 2.24) is 9.80 Å². The van der Waals surface area contributed by atoms with Crippen LogP contribution in [-0.2, 0) is 9.59 Å². The van der Waals surface area contributed by atoms with E-state index >= 15 is 0 Å². The maximum absolute atomic E-state index is 12.4. The first-order valence-corrected chi connectivity index (χ1v) is 6.82. The standard InChI is InChI=1S/C13H22N2O3/c1-14-8-9-15(10-4-2-3-5-10)13(18)11(14)6-7-12(16)17/h10-11H,2-9H2,1H3,(H,16,17). The molecule has 0 spiro atoms. The number of hydrogen-bond acceptors (Lipinski definition) is 3. The van der Waals surface area contributed by atoms with Crippen LogP contribution in [-0.4, -0.2) is 59.0 Å². The zero-order valence-corrected chi connectivity index (χ0v) is 11.0. The van der Waals surface area contributed by atoms with Crippen LogP contribution in [0.25, 0.3) is 0 Å². The van der Waals surface area contributed by atoms with Crippen molar-refractivity contribution in [3.05, 3.63) is 0 Å². The first kappa shape index (κ1) is 13.3. The first-order chi connectivity index (χ1) is 8.59. The van der Waals surface area contributed by atoms with Crippen LogP contribution in [0.15, 0.2) is 0 Å². The molecule has 102 valence electrons. The lowest BCUT2D eigenvalue weighted by Gasteiger charge is -2.41. The van der Waals surface area contributed by atoms with Gasteiger partial charge in [0.2, 0.25) is 5.91 Å². The molecule has 2 aliphatic rings. The van der Waals surface area contributed by atoms with Crippen molar-refractivity contribution in [2.24, 2.45) is 0 Å². The molecule has 1 heterocycles. The van der Waals surface area contributed by atoms with E-state index in [1.54, 1.807) is 0 Å². The molecule has 0 radical (unpaired) electrons. The van der Waals surface area contributed by atoms with Crippen LogP contribution in [0.5, 0.6) is 0 Å². The van der Waals surface area contributed by atoms with Gasteiger partial charge in [-0.15, -0.1) is 0 Å². The van der Waals surface area contributed by atoms with Crippen molar-refractivity contribution in [3.63, 3.8) is 0 Å². The van der Waals surface area contributed by atoms with Crippen molar-refractivity contribution in [3.8, 4) is 0 Å². The Balaban J connectivity index is 1.98. The summed E-state index contributed by atoms with van der Waals surface area (Å²) < 4.78 is 0. The molecule has 1 N–H and O–H groups in total. The lowest BCUT2D eigenvalue weighted by Crippen LogP contribution is -2.58. The number of rotatable bonds is 4. The second-order valence-electron chi connectivity index (χ2n) is 5.40. The van der Waals surface area contributed by atoms with Gasteiger partial charge in [-0.25, -0.2) is 0 Å². The SMILES string of the molecule is CN1CCN(C2CCCC2)C(=O)C1CCC(=O)O. The Labute approximate surface area is 108 Å². The minimum Gasteiger partial charge on any atom is -0.481 e. The Morgan fingerprint density at radius 3 is 2.61 bits per heavy atom. The molecular formula is C13H22N2O3. The van der Waals surface area contributed by atoms with Crippen LogP contribution in [0.3, 0.4) is 0 Å². The molecule has 1 unspecified atom stereocenters. The summed E-state index contributed by atoms with van der Waals surface area (Å²) in [6.07, 6.45) is 5.14. The minimum atomic E-state index is -0.825. The quantitative estimate of drug-likeness (QED) is 0.811. The van der Waals surface area contributed by atoms with Crippen molar-refractivity contribution >= 4 is 11.9 Å². The average Bonchev–Trinajstić information content (AvgIpc) is 2.82. The average molecular weight is 254 g/mol. The van der Waals surface area contributed by atoms with Gasteiger partial charge in [0.25, 0.3) is 0 Å². The number of carboxylic acid groups (broad SMARTS) is 1. The number of likely N-dealkylation sites (N-methyl/N-ethyl adjacent to an activating group) is 1. The highest BCUT2D eigenvalue weighted by Crippen LogP contribution is 2.26. The lowest BCUT2D eigenvalue weighted by molar-refractivity contribution is -0.145. The molecule has 0 aromatic rings. The summed E-state index contributed by atoms with van der Waals surface area (Å²) in [5.41, 5.74) is 0. The molecule has 5 nitrogen and oxygen atoms in total. The van der Waals surface area contributed by atoms with Crippen LogP contribution >= 0.6 is 0 Å². The third kappa shape index (κ3) is 2.83. The number of amides is 1. The molecule has 2 rings (SSSR count). The molecule has 1 saturated carbocycles. The molecular weight excluding hydrogens is 232 g/mol. The molecule has 0 bridgehead atoms. The maximum Gasteiger partial charge on any atom is 0.303 e. The molecule has 1 aliphatic heterocycles. The Morgan fingerprint density at radius 1 is 1.33 bits per heavy atom. The number of aliphatic carboxylic acids is 1. The van der Waals surface area contributed by atoms with Gasteiger partial charge >= 0.3 is 5.97 Å². The fourth-order valence-electron chi connectivity index (χ4n) is 3.09. The zero-order valence-electron chi connectivity index (χ0n) is 11.0. The number of hydrogen-bond donors (Lipinski definition) is 1. The normalized spacial score (nSPS) is 26.8. The molecule has 0 aromatic carbocycles. The smallest absolute Gasteiger partial charge is 0.303 e. The third-order valence-corrected chi connectivity index (χ3v) is 4.19. The second-order valence-corrected chi connectivity index (χ2v) is 5.40. The highest BCUT2D eigenvalue weighted by Gasteiger charge is 2.36. The second kappa shape index (κ2) is 5.69. The molecule has 2 fully saturated rings. The van der Waals surface area contributed by atoms with Crippen molar-refractivity contribution in [1.29, 1.82) is 0 Å². The lowest BCUT2D eigenvalue weighted by atomic mass is 10.0. The summed E-state index contributed by atoms with van der Waals surface area (Å²) in [4.78, 5) is 27.1. The number of carbonyl (C=O) groups excluding carboxylic acids is 1. The number of nitrogens with zero attached hydrogens (tertiary/aromatic N) is 2. The predicted octanol–water partition coefficient (Wildman–Crippen LogP) is 0.936. The van der Waals surface area contributed by atoms with E-state index in [9.17, 15) is 9.59 Å². The van der Waals surface area contributed by atoms with Crippen LogP contribution in [0, 0.1) is 0 Å². The van der Waals surface area contributed by atoms with Gasteiger partial charge in [-0.1, -0.05) is 12.8 Å². The van der Waals surface area contributed by atoms with Crippen LogP contribution in [0.1, 0.15) is 38.5 Å². The fraction of sp³-hybridized carbons (Fsp3) is 0.846. The summed E-state index contributed by atoms with van der Waals surface area (Å²) >= 11 is 0. The van der Waals surface area contributed by atoms with Crippen LogP contribution in [0.4, 0.5) is 0 Å². The first-order valence-electron chi connectivity index (χ1n) is 6.82. The monoisotopic (exact) mass is 254 g/mol. The summed E-state index contributed by atoms with van der Waals surface area (Å²) in [6.45, 7) is 1.65. The van der Waals surface area contributed by atoms with Gasteiger partial charge in [0, 0.05) is 25.6 Å². The summed E-state index contributed by atoms with van der Waals surface area (Å²) in [5.74, 6) is -0.689. The van der Waals surface area contributed by atoms with Crippen molar-refractivity contribution in [2.45, 2.75) is 50.6 Å². The molecule has 1 saturated heterocycles. The van der Waals surface area contributed by atoms with Crippen LogP contribution in [0.2, 0.25) is 0 Å². The van der Waals surface area contributed by atoms with Gasteiger partial charge in [0.15, 0.2) is 0 Å². The summed E-state index contributed by atoms with van der Waals surface area (Å²) in [5, 5.41) is 8.75. The topological polar surface area (TPSA) is 60.9 Å². The van der Waals surface area contributed by atoms with E-state index in [1.807, 2.05) is 16.8 Å². The molecule has 0 aromatic heterocycles. The highest BCUT2D eigenvalue weighted by molar-refractivity contribution is 5.83. The van der Waals surface area contributed by atoms with E-state index in [2.05, 4.69) is 0 Å². The van der Waals surface area contributed by atoms with Gasteiger partial charge in [0.1, 0.15) is 0 Å². The minimum absolute atomic E-state index is 0.0687. The zero-order chi connectivity index (χ0) is 13.1. The summed E-state index contributed by atoms with van der Waals surface area (Å²) in [7, 11) is 1.91. The number of carboxylic acids is 1. The van der Waals surface area contributed by atoms with E-state index in [0.29, 0.717) is 12.5 Å². The van der Waals surface area contributed by atoms with Gasteiger partial charge in [-0.3, -0.25) is 14.5 Å². The maximum atomic E-state index is 12.4. The third-order valence-electron chi connectivity index (χ3n) is 4.19. The molecule has 1 amide bonds. The van der Waals surface area contributed by atoms with E-state index in [1.165, 1.54) is 12.8 Å². The Morgan fingerprint density at radius 2 is 2.00 bits per heavy atom. The number of carbonyl (C=O) groups is 2. The van der Waals surface area contributed by atoms with E-state index in [0.717, 1.165) is 25.9 Å². The van der Waals surface area contributed by atoms with Gasteiger partial charge < -0.3 is 10.0 Å². The Bertz CT molecular complexity index is 326. The largest absolute Gasteiger partial charge is 0.481 e. The van der Waals surface area contributed by atoms with Crippen molar-refractivity contribution in [2.75, 3.05) is 20.1 Å². The predicted molar refractivity (Wildman–Crippen MR) is 67.3 cm³/mol. The number of piperazine rings is 1. The van der Waals surface area contributed by atoms with E-state index < -0.39 is 5.97 Å². The van der Waals surface area contributed by atoms with Crippen LogP contribution < -0.4 is 0 Å².